The Labute approximate surface area is 229 Å². The third kappa shape index (κ3) is 5.57. The molecule has 3 aromatic carbocycles. The lowest BCUT2D eigenvalue weighted by atomic mass is 10.1. The van der Waals surface area contributed by atoms with Crippen LogP contribution in [0, 0.1) is 0 Å². The summed E-state index contributed by atoms with van der Waals surface area (Å²) < 4.78 is 11.6. The number of rotatable bonds is 6. The number of nitrogens with one attached hydrogen (secondary N) is 1. The van der Waals surface area contributed by atoms with Crippen LogP contribution in [0.5, 0.6) is 11.5 Å². The highest BCUT2D eigenvalue weighted by Gasteiger charge is 2.28. The zero-order valence-corrected chi connectivity index (χ0v) is 22.4. The lowest BCUT2D eigenvalue weighted by molar-refractivity contribution is -0.129. The monoisotopic (exact) mass is 575 g/mol. The molecule has 0 spiro atoms. The molecule has 0 aromatic heterocycles. The van der Waals surface area contributed by atoms with E-state index in [9.17, 15) is 14.4 Å². The van der Waals surface area contributed by atoms with E-state index in [0.29, 0.717) is 59.0 Å². The van der Waals surface area contributed by atoms with Gasteiger partial charge in [0.2, 0.25) is 6.79 Å². The molecule has 0 atom stereocenters. The summed E-state index contributed by atoms with van der Waals surface area (Å²) in [6.45, 7) is 3.77. The quantitative estimate of drug-likeness (QED) is 0.197. The Balaban J connectivity index is 1.37. The lowest BCUT2D eigenvalue weighted by Gasteiger charge is -2.36. The zero-order valence-electron chi connectivity index (χ0n) is 20.8. The molecule has 0 aliphatic carbocycles. The first-order valence-electron chi connectivity index (χ1n) is 12.2. The van der Waals surface area contributed by atoms with E-state index >= 15 is 0 Å². The van der Waals surface area contributed by atoms with Crippen molar-refractivity contribution in [2.75, 3.05) is 43.2 Å². The van der Waals surface area contributed by atoms with Crippen molar-refractivity contribution >= 4 is 51.0 Å². The molecule has 2 aliphatic heterocycles. The normalized spacial score (nSPS) is 14.8. The maximum absolute atomic E-state index is 13.7. The molecule has 2 aliphatic rings. The van der Waals surface area contributed by atoms with Crippen LogP contribution in [0.2, 0.25) is 0 Å². The van der Waals surface area contributed by atoms with E-state index in [1.165, 1.54) is 0 Å². The van der Waals surface area contributed by atoms with Gasteiger partial charge >= 0.3 is 0 Å². The van der Waals surface area contributed by atoms with Crippen LogP contribution in [-0.2, 0) is 9.59 Å². The predicted molar refractivity (Wildman–Crippen MR) is 149 cm³/mol. The van der Waals surface area contributed by atoms with Gasteiger partial charge in [0.25, 0.3) is 11.8 Å². The molecule has 0 unspecified atom stereocenters. The zero-order chi connectivity index (χ0) is 26.6. The molecule has 5 rings (SSSR count). The van der Waals surface area contributed by atoms with Crippen molar-refractivity contribution in [2.24, 2.45) is 0 Å². The summed E-state index contributed by atoms with van der Waals surface area (Å²) in [5.41, 5.74) is 2.90. The number of ether oxygens (including phenoxy) is 2. The SMILES string of the molecule is CC(=O)c1ccc(N2CCN(C(=O)/C(=C\c3cc4c(cc3Br)OCO4)C(=O)Nc3ccccc3)CC2)cc1. The second-order valence-electron chi connectivity index (χ2n) is 8.99. The minimum atomic E-state index is -0.493. The number of benzene rings is 3. The Hall–Kier alpha value is -4.11. The predicted octanol–water partition coefficient (Wildman–Crippen LogP) is 4.75. The molecule has 1 saturated heterocycles. The van der Waals surface area contributed by atoms with Gasteiger partial charge in [0.15, 0.2) is 17.3 Å². The lowest BCUT2D eigenvalue weighted by Crippen LogP contribution is -2.50. The third-order valence-corrected chi connectivity index (χ3v) is 7.19. The number of halogens is 1. The highest BCUT2D eigenvalue weighted by Crippen LogP contribution is 2.38. The van der Waals surface area contributed by atoms with E-state index in [0.717, 1.165) is 5.69 Å². The number of piperazine rings is 1. The molecule has 2 heterocycles. The molecule has 38 heavy (non-hydrogen) atoms. The first-order valence-corrected chi connectivity index (χ1v) is 13.0. The largest absolute Gasteiger partial charge is 0.454 e. The second-order valence-corrected chi connectivity index (χ2v) is 9.84. The molecule has 8 nitrogen and oxygen atoms in total. The summed E-state index contributed by atoms with van der Waals surface area (Å²) in [6.07, 6.45) is 1.58. The highest BCUT2D eigenvalue weighted by molar-refractivity contribution is 9.10. The number of Topliss-reactive ketones (excluding diaryl/α,β-unsaturated/α-hetero) is 1. The number of hydrogen-bond acceptors (Lipinski definition) is 6. The van der Waals surface area contributed by atoms with Crippen LogP contribution >= 0.6 is 15.9 Å². The van der Waals surface area contributed by atoms with Crippen LogP contribution in [0.1, 0.15) is 22.8 Å². The number of nitrogens with zero attached hydrogens (tertiary/aromatic N) is 2. The number of carbonyl (C=O) groups is 3. The van der Waals surface area contributed by atoms with Crippen LogP contribution in [0.4, 0.5) is 11.4 Å². The van der Waals surface area contributed by atoms with Gasteiger partial charge < -0.3 is 24.6 Å². The Morgan fingerprint density at radius 3 is 2.21 bits per heavy atom. The standard InChI is InChI=1S/C29H26BrN3O5/c1-19(34)20-7-9-23(10-8-20)32-11-13-33(14-12-32)29(36)24(28(35)31-22-5-3-2-4-6-22)15-21-16-26-27(17-25(21)30)38-18-37-26/h2-10,15-17H,11-14,18H2,1H3,(H,31,35)/b24-15-. The Bertz CT molecular complexity index is 1400. The number of amides is 2. The molecular weight excluding hydrogens is 550 g/mol. The smallest absolute Gasteiger partial charge is 0.261 e. The van der Waals surface area contributed by atoms with Crippen molar-refractivity contribution in [1.82, 2.24) is 4.90 Å². The van der Waals surface area contributed by atoms with Crippen molar-refractivity contribution in [1.29, 1.82) is 0 Å². The number of ketones is 1. The highest BCUT2D eigenvalue weighted by atomic mass is 79.9. The van der Waals surface area contributed by atoms with Gasteiger partial charge in [-0.2, -0.15) is 0 Å². The van der Waals surface area contributed by atoms with Crippen molar-refractivity contribution < 1.29 is 23.9 Å². The fourth-order valence-corrected chi connectivity index (χ4v) is 4.83. The molecule has 0 saturated carbocycles. The molecule has 0 bridgehead atoms. The summed E-state index contributed by atoms with van der Waals surface area (Å²) in [7, 11) is 0. The topological polar surface area (TPSA) is 88.2 Å². The average molecular weight is 576 g/mol. The molecule has 194 valence electrons. The van der Waals surface area contributed by atoms with Gasteiger partial charge in [-0.15, -0.1) is 0 Å². The van der Waals surface area contributed by atoms with Crippen LogP contribution in [0.3, 0.4) is 0 Å². The van der Waals surface area contributed by atoms with Gasteiger partial charge in [-0.3, -0.25) is 14.4 Å². The number of carbonyl (C=O) groups excluding carboxylic acids is 3. The van der Waals surface area contributed by atoms with Gasteiger partial charge in [0.05, 0.1) is 0 Å². The van der Waals surface area contributed by atoms with Gasteiger partial charge in [0, 0.05) is 47.6 Å². The maximum atomic E-state index is 13.7. The van der Waals surface area contributed by atoms with Crippen molar-refractivity contribution in [2.45, 2.75) is 6.92 Å². The minimum absolute atomic E-state index is 0.0210. The molecular formula is C29H26BrN3O5. The fraction of sp³-hybridized carbons (Fsp3) is 0.207. The van der Waals surface area contributed by atoms with Crippen molar-refractivity contribution in [3.63, 3.8) is 0 Å². The average Bonchev–Trinajstić information content (AvgIpc) is 3.39. The molecule has 0 radical (unpaired) electrons. The van der Waals surface area contributed by atoms with E-state index in [1.54, 1.807) is 42.2 Å². The second kappa shape index (κ2) is 11.1. The Morgan fingerprint density at radius 2 is 1.55 bits per heavy atom. The summed E-state index contributed by atoms with van der Waals surface area (Å²) in [5.74, 6) is 0.332. The van der Waals surface area contributed by atoms with Crippen molar-refractivity contribution in [3.8, 4) is 11.5 Å². The van der Waals surface area contributed by atoms with E-state index in [1.807, 2.05) is 42.5 Å². The van der Waals surface area contributed by atoms with E-state index in [4.69, 9.17) is 9.47 Å². The summed E-state index contributed by atoms with van der Waals surface area (Å²) in [4.78, 5) is 42.5. The van der Waals surface area contributed by atoms with Crippen LogP contribution in [-0.4, -0.2) is 55.5 Å². The Morgan fingerprint density at radius 1 is 0.895 bits per heavy atom. The van der Waals surface area contributed by atoms with Gasteiger partial charge in [-0.25, -0.2) is 0 Å². The number of hydrogen-bond donors (Lipinski definition) is 1. The molecule has 1 N–H and O–H groups in total. The summed E-state index contributed by atoms with van der Waals surface area (Å²) in [6, 6.07) is 20.0. The van der Waals surface area contributed by atoms with Crippen LogP contribution in [0.25, 0.3) is 6.08 Å². The molecule has 2 amide bonds. The number of fused-ring (bicyclic) bond motifs is 1. The van der Waals surface area contributed by atoms with Crippen LogP contribution in [0.15, 0.2) is 76.8 Å². The number of anilines is 2. The van der Waals surface area contributed by atoms with E-state index in [2.05, 4.69) is 26.1 Å². The van der Waals surface area contributed by atoms with E-state index < -0.39 is 5.91 Å². The minimum Gasteiger partial charge on any atom is -0.454 e. The first kappa shape index (κ1) is 25.5. The van der Waals surface area contributed by atoms with Crippen molar-refractivity contribution in [3.05, 3.63) is 87.9 Å². The van der Waals surface area contributed by atoms with Gasteiger partial charge in [0.1, 0.15) is 5.57 Å². The molecule has 3 aromatic rings. The maximum Gasteiger partial charge on any atom is 0.261 e. The Kier molecular flexibility index (Phi) is 7.46. The summed E-state index contributed by atoms with van der Waals surface area (Å²) >= 11 is 3.52. The number of para-hydroxylation sites is 1. The molecule has 9 heteroatoms. The molecule has 1 fully saturated rings. The van der Waals surface area contributed by atoms with Gasteiger partial charge in [-0.05, 0) is 67.1 Å². The third-order valence-electron chi connectivity index (χ3n) is 6.50. The van der Waals surface area contributed by atoms with Crippen LogP contribution < -0.4 is 19.7 Å². The van der Waals surface area contributed by atoms with E-state index in [-0.39, 0.29) is 24.1 Å². The van der Waals surface area contributed by atoms with Gasteiger partial charge in [-0.1, -0.05) is 34.1 Å². The fourth-order valence-electron chi connectivity index (χ4n) is 4.39. The first-order chi connectivity index (χ1) is 18.4. The summed E-state index contributed by atoms with van der Waals surface area (Å²) in [5, 5.41) is 2.84.